The van der Waals surface area contributed by atoms with Gasteiger partial charge in [-0.3, -0.25) is 19.7 Å². The van der Waals surface area contributed by atoms with E-state index in [1.54, 1.807) is 25.1 Å². The van der Waals surface area contributed by atoms with E-state index in [9.17, 15) is 19.7 Å². The van der Waals surface area contributed by atoms with Gasteiger partial charge in [-0.05, 0) is 24.6 Å². The topological polar surface area (TPSA) is 89.8 Å². The first-order chi connectivity index (χ1) is 11.0. The van der Waals surface area contributed by atoms with Crippen LogP contribution in [0.25, 0.3) is 0 Å². The van der Waals surface area contributed by atoms with Gasteiger partial charge in [0, 0.05) is 12.1 Å². The van der Waals surface area contributed by atoms with Gasteiger partial charge in [-0.25, -0.2) is 4.90 Å². The molecule has 0 saturated carbocycles. The van der Waals surface area contributed by atoms with Crippen molar-refractivity contribution in [1.82, 2.24) is 0 Å². The number of fused-ring (bicyclic) bond motifs is 1. The number of methoxy groups -OCH3 is 1. The lowest BCUT2D eigenvalue weighted by Crippen LogP contribution is -2.30. The molecule has 0 spiro atoms. The summed E-state index contributed by atoms with van der Waals surface area (Å²) in [5.74, 6) is -0.796. The van der Waals surface area contributed by atoms with Gasteiger partial charge in [0.05, 0.1) is 23.3 Å². The zero-order chi connectivity index (χ0) is 16.7. The number of aryl methyl sites for hydroxylation is 1. The number of anilines is 1. The van der Waals surface area contributed by atoms with Gasteiger partial charge in [-0.2, -0.15) is 0 Å². The number of nitrogens with zero attached hydrogens (tertiary/aromatic N) is 2. The fourth-order valence-corrected chi connectivity index (χ4v) is 2.60. The Labute approximate surface area is 131 Å². The largest absolute Gasteiger partial charge is 0.497 e. The number of rotatable bonds is 3. The Balaban J connectivity index is 2.18. The number of ether oxygens (including phenoxy) is 1. The Hall–Kier alpha value is -3.22. The maximum atomic E-state index is 12.6. The average molecular weight is 312 g/mol. The number of hydrogen-bond donors (Lipinski definition) is 0. The number of imide groups is 1. The highest BCUT2D eigenvalue weighted by molar-refractivity contribution is 6.35. The van der Waals surface area contributed by atoms with E-state index in [0.717, 1.165) is 4.90 Å². The van der Waals surface area contributed by atoms with E-state index >= 15 is 0 Å². The van der Waals surface area contributed by atoms with Gasteiger partial charge < -0.3 is 4.74 Å². The predicted octanol–water partition coefficient (Wildman–Crippen LogP) is 2.71. The average Bonchev–Trinajstić information content (AvgIpc) is 2.79. The van der Waals surface area contributed by atoms with E-state index in [-0.39, 0.29) is 16.8 Å². The van der Waals surface area contributed by atoms with Gasteiger partial charge in [-0.15, -0.1) is 0 Å². The number of nitro benzene ring substituents is 1. The number of amides is 2. The van der Waals surface area contributed by atoms with E-state index in [2.05, 4.69) is 0 Å². The van der Waals surface area contributed by atoms with Crippen molar-refractivity contribution < 1.29 is 19.2 Å². The third-order valence-corrected chi connectivity index (χ3v) is 3.75. The maximum absolute atomic E-state index is 12.6. The first-order valence-corrected chi connectivity index (χ1v) is 6.76. The number of benzene rings is 2. The lowest BCUT2D eigenvalue weighted by atomic mass is 10.1. The van der Waals surface area contributed by atoms with E-state index in [4.69, 9.17) is 4.74 Å². The van der Waals surface area contributed by atoms with E-state index < -0.39 is 16.7 Å². The Morgan fingerprint density at radius 1 is 1.13 bits per heavy atom. The van der Waals surface area contributed by atoms with Crippen LogP contribution in [-0.4, -0.2) is 23.8 Å². The minimum Gasteiger partial charge on any atom is -0.497 e. The normalized spacial score (nSPS) is 13.2. The van der Waals surface area contributed by atoms with E-state index in [0.29, 0.717) is 17.0 Å². The van der Waals surface area contributed by atoms with Crippen LogP contribution in [0.1, 0.15) is 26.3 Å². The second-order valence-corrected chi connectivity index (χ2v) is 5.05. The van der Waals surface area contributed by atoms with Gasteiger partial charge in [0.2, 0.25) is 0 Å². The summed E-state index contributed by atoms with van der Waals surface area (Å²) in [4.78, 5) is 36.6. The highest BCUT2D eigenvalue weighted by atomic mass is 16.6. The molecule has 0 atom stereocenters. The summed E-state index contributed by atoms with van der Waals surface area (Å²) in [7, 11) is 1.47. The zero-order valence-corrected chi connectivity index (χ0v) is 12.4. The van der Waals surface area contributed by atoms with Crippen LogP contribution in [0.5, 0.6) is 5.75 Å². The summed E-state index contributed by atoms with van der Waals surface area (Å²) in [6.07, 6.45) is 0. The standard InChI is InChI=1S/C16H12N2O5/c1-9-6-7-10(23-2)8-13(9)17-15(19)11-4-3-5-12(18(21)22)14(11)16(17)20/h3-8H,1-2H3. The fraction of sp³-hybridized carbons (Fsp3) is 0.125. The predicted molar refractivity (Wildman–Crippen MR) is 82.0 cm³/mol. The second-order valence-electron chi connectivity index (χ2n) is 5.05. The van der Waals surface area contributed by atoms with Crippen LogP contribution in [0.3, 0.4) is 0 Å². The van der Waals surface area contributed by atoms with Crippen molar-refractivity contribution in [2.75, 3.05) is 12.0 Å². The van der Waals surface area contributed by atoms with Crippen molar-refractivity contribution >= 4 is 23.2 Å². The Morgan fingerprint density at radius 2 is 1.87 bits per heavy atom. The van der Waals surface area contributed by atoms with Gasteiger partial charge in [0.15, 0.2) is 0 Å². The van der Waals surface area contributed by atoms with Crippen LogP contribution in [0.15, 0.2) is 36.4 Å². The van der Waals surface area contributed by atoms with Gasteiger partial charge in [0.1, 0.15) is 11.3 Å². The highest BCUT2D eigenvalue weighted by Gasteiger charge is 2.42. The quantitative estimate of drug-likeness (QED) is 0.494. The van der Waals surface area contributed by atoms with Crippen LogP contribution < -0.4 is 9.64 Å². The van der Waals surface area contributed by atoms with E-state index in [1.807, 2.05) is 0 Å². The van der Waals surface area contributed by atoms with Crippen LogP contribution >= 0.6 is 0 Å². The molecule has 0 aromatic heterocycles. The van der Waals surface area contributed by atoms with Gasteiger partial charge >= 0.3 is 0 Å². The molecule has 2 aromatic rings. The molecule has 7 nitrogen and oxygen atoms in total. The Kier molecular flexibility index (Phi) is 3.33. The first-order valence-electron chi connectivity index (χ1n) is 6.76. The fourth-order valence-electron chi connectivity index (χ4n) is 2.60. The molecule has 0 N–H and O–H groups in total. The van der Waals surface area contributed by atoms with E-state index in [1.165, 1.54) is 25.3 Å². The molecule has 0 radical (unpaired) electrons. The second kappa shape index (κ2) is 5.20. The minimum absolute atomic E-state index is 0.0337. The molecular formula is C16H12N2O5. The maximum Gasteiger partial charge on any atom is 0.283 e. The SMILES string of the molecule is COc1ccc(C)c(N2C(=O)c3cccc([N+](=O)[O-])c3C2=O)c1. The molecule has 23 heavy (non-hydrogen) atoms. The molecular weight excluding hydrogens is 300 g/mol. The highest BCUT2D eigenvalue weighted by Crippen LogP contribution is 2.36. The molecule has 0 saturated heterocycles. The molecule has 116 valence electrons. The molecule has 0 fully saturated rings. The van der Waals surface area contributed by atoms with Gasteiger partial charge in [0.25, 0.3) is 17.5 Å². The molecule has 1 aliphatic rings. The van der Waals surface area contributed by atoms with Crippen molar-refractivity contribution in [1.29, 1.82) is 0 Å². The minimum atomic E-state index is -0.700. The van der Waals surface area contributed by atoms with Crippen molar-refractivity contribution in [2.24, 2.45) is 0 Å². The zero-order valence-electron chi connectivity index (χ0n) is 12.4. The molecule has 0 aliphatic carbocycles. The number of hydrogen-bond acceptors (Lipinski definition) is 5. The van der Waals surface area contributed by atoms with Crippen LogP contribution in [0.4, 0.5) is 11.4 Å². The summed E-state index contributed by atoms with van der Waals surface area (Å²) >= 11 is 0. The smallest absolute Gasteiger partial charge is 0.283 e. The van der Waals surface area contributed by atoms with Crippen molar-refractivity contribution in [3.8, 4) is 5.75 Å². The van der Waals surface area contributed by atoms with Crippen LogP contribution in [-0.2, 0) is 0 Å². The van der Waals surface area contributed by atoms with Crippen molar-refractivity contribution in [3.63, 3.8) is 0 Å². The summed E-state index contributed by atoms with van der Waals surface area (Å²) < 4.78 is 5.12. The van der Waals surface area contributed by atoms with Crippen LogP contribution in [0, 0.1) is 17.0 Å². The summed E-state index contributed by atoms with van der Waals surface area (Å²) in [6, 6.07) is 9.00. The lowest BCUT2D eigenvalue weighted by molar-refractivity contribution is -0.385. The van der Waals surface area contributed by atoms with Crippen LogP contribution in [0.2, 0.25) is 0 Å². The Morgan fingerprint density at radius 3 is 2.52 bits per heavy atom. The number of carbonyl (C=O) groups excluding carboxylic acids is 2. The summed E-state index contributed by atoms with van der Waals surface area (Å²) in [5.41, 5.74) is 0.521. The van der Waals surface area contributed by atoms with Crippen molar-refractivity contribution in [2.45, 2.75) is 6.92 Å². The monoisotopic (exact) mass is 312 g/mol. The molecule has 1 heterocycles. The molecule has 3 rings (SSSR count). The first kappa shape index (κ1) is 14.7. The molecule has 7 heteroatoms. The lowest BCUT2D eigenvalue weighted by Gasteiger charge is -2.17. The van der Waals surface area contributed by atoms with Gasteiger partial charge in [-0.1, -0.05) is 12.1 Å². The molecule has 0 unspecified atom stereocenters. The van der Waals surface area contributed by atoms with Crippen molar-refractivity contribution in [3.05, 3.63) is 63.2 Å². The number of nitro groups is 1. The Bertz CT molecular complexity index is 860. The summed E-state index contributed by atoms with van der Waals surface area (Å²) in [5, 5.41) is 11.1. The molecule has 1 aliphatic heterocycles. The molecule has 2 aromatic carbocycles. The molecule has 2 amide bonds. The molecule has 0 bridgehead atoms. The number of carbonyl (C=O) groups is 2. The third kappa shape index (κ3) is 2.13. The third-order valence-electron chi connectivity index (χ3n) is 3.75. The summed E-state index contributed by atoms with van der Waals surface area (Å²) in [6.45, 7) is 1.74.